The van der Waals surface area contributed by atoms with Crippen LogP contribution in [0.5, 0.6) is 0 Å². The molecule has 0 radical (unpaired) electrons. The summed E-state index contributed by atoms with van der Waals surface area (Å²) < 4.78 is 0. The molecular weight excluding hydrogens is 166 g/mol. The second kappa shape index (κ2) is 4.07. The first-order valence-electron chi connectivity index (χ1n) is 4.74. The highest BCUT2D eigenvalue weighted by Crippen LogP contribution is 2.27. The molecule has 0 unspecified atom stereocenters. The van der Waals surface area contributed by atoms with Gasteiger partial charge in [-0.3, -0.25) is 10.2 Å². The predicted octanol–water partition coefficient (Wildman–Crippen LogP) is -0.0311. The molecule has 0 saturated carbocycles. The van der Waals surface area contributed by atoms with Crippen molar-refractivity contribution in [1.82, 2.24) is 15.8 Å². The van der Waals surface area contributed by atoms with Crippen molar-refractivity contribution in [1.29, 1.82) is 0 Å². The maximum Gasteiger partial charge on any atom is 0.240 e. The summed E-state index contributed by atoms with van der Waals surface area (Å²) in [5, 5.41) is 4.96. The molecule has 0 aromatic carbocycles. The lowest BCUT2D eigenvalue weighted by Crippen LogP contribution is -2.49. The van der Waals surface area contributed by atoms with Crippen molar-refractivity contribution in [2.75, 3.05) is 27.2 Å². The van der Waals surface area contributed by atoms with Crippen LogP contribution in [-0.2, 0) is 4.79 Å². The minimum absolute atomic E-state index is 0.138. The van der Waals surface area contributed by atoms with Crippen LogP contribution in [-0.4, -0.2) is 38.1 Å². The molecule has 0 aromatic heterocycles. The fourth-order valence-electron chi connectivity index (χ4n) is 1.54. The molecule has 0 aliphatic carbocycles. The highest BCUT2D eigenvalue weighted by atomic mass is 16.2. The summed E-state index contributed by atoms with van der Waals surface area (Å²) in [4.78, 5) is 11.7. The quantitative estimate of drug-likeness (QED) is 0.594. The van der Waals surface area contributed by atoms with Crippen molar-refractivity contribution in [3.05, 3.63) is 0 Å². The van der Waals surface area contributed by atoms with Crippen molar-refractivity contribution >= 4 is 5.91 Å². The van der Waals surface area contributed by atoms with E-state index < -0.39 is 0 Å². The van der Waals surface area contributed by atoms with Crippen molar-refractivity contribution in [3.8, 4) is 0 Å². The van der Waals surface area contributed by atoms with E-state index in [1.807, 2.05) is 21.0 Å². The van der Waals surface area contributed by atoms with Crippen molar-refractivity contribution in [3.63, 3.8) is 0 Å². The molecule has 13 heavy (non-hydrogen) atoms. The van der Waals surface area contributed by atoms with Crippen LogP contribution in [0.1, 0.15) is 19.8 Å². The molecule has 0 bridgehead atoms. The third-order valence-electron chi connectivity index (χ3n) is 2.58. The summed E-state index contributed by atoms with van der Waals surface area (Å²) in [7, 11) is 3.67. The smallest absolute Gasteiger partial charge is 0.240 e. The van der Waals surface area contributed by atoms with E-state index in [1.54, 1.807) is 5.01 Å². The van der Waals surface area contributed by atoms with Gasteiger partial charge < -0.3 is 5.32 Å². The zero-order valence-electron chi connectivity index (χ0n) is 8.68. The van der Waals surface area contributed by atoms with Gasteiger partial charge in [0.1, 0.15) is 0 Å². The lowest BCUT2D eigenvalue weighted by Gasteiger charge is -2.33. The Balaban J connectivity index is 2.51. The van der Waals surface area contributed by atoms with E-state index in [9.17, 15) is 4.79 Å². The SMILES string of the molecule is CN(C)NC(=O)C1(C)CCNCC1. The average molecular weight is 185 g/mol. The Labute approximate surface area is 79.6 Å². The number of amides is 1. The first-order valence-corrected chi connectivity index (χ1v) is 4.74. The molecule has 1 rings (SSSR count). The average Bonchev–Trinajstić information content (AvgIpc) is 2.04. The number of nitrogens with zero attached hydrogens (tertiary/aromatic N) is 1. The summed E-state index contributed by atoms with van der Waals surface area (Å²) >= 11 is 0. The van der Waals surface area contributed by atoms with Crippen LogP contribution in [0.25, 0.3) is 0 Å². The molecule has 76 valence electrons. The second-order valence-electron chi connectivity index (χ2n) is 4.15. The van der Waals surface area contributed by atoms with Gasteiger partial charge in [-0.05, 0) is 25.9 Å². The van der Waals surface area contributed by atoms with E-state index >= 15 is 0 Å². The third-order valence-corrected chi connectivity index (χ3v) is 2.58. The van der Waals surface area contributed by atoms with Crippen LogP contribution in [0.3, 0.4) is 0 Å². The Kier molecular flexibility index (Phi) is 3.27. The summed E-state index contributed by atoms with van der Waals surface area (Å²) in [6, 6.07) is 0. The molecule has 4 nitrogen and oxygen atoms in total. The summed E-state index contributed by atoms with van der Waals surface area (Å²) in [5.41, 5.74) is 2.63. The fourth-order valence-corrected chi connectivity index (χ4v) is 1.54. The van der Waals surface area contributed by atoms with Gasteiger partial charge in [0.15, 0.2) is 0 Å². The summed E-state index contributed by atoms with van der Waals surface area (Å²) in [5.74, 6) is 0.138. The number of rotatable bonds is 2. The van der Waals surface area contributed by atoms with Crippen molar-refractivity contribution in [2.45, 2.75) is 19.8 Å². The lowest BCUT2D eigenvalue weighted by atomic mass is 9.80. The molecule has 1 heterocycles. The maximum atomic E-state index is 11.7. The van der Waals surface area contributed by atoms with Crippen molar-refractivity contribution in [2.24, 2.45) is 5.41 Å². The number of nitrogens with one attached hydrogen (secondary N) is 2. The Morgan fingerprint density at radius 1 is 1.38 bits per heavy atom. The molecule has 4 heteroatoms. The minimum atomic E-state index is -0.185. The topological polar surface area (TPSA) is 44.4 Å². The van der Waals surface area contributed by atoms with E-state index in [2.05, 4.69) is 10.7 Å². The Morgan fingerprint density at radius 3 is 2.38 bits per heavy atom. The van der Waals surface area contributed by atoms with Gasteiger partial charge >= 0.3 is 0 Å². The van der Waals surface area contributed by atoms with Gasteiger partial charge in [0.05, 0.1) is 5.41 Å². The van der Waals surface area contributed by atoms with Crippen LogP contribution < -0.4 is 10.7 Å². The van der Waals surface area contributed by atoms with Gasteiger partial charge in [0.2, 0.25) is 5.91 Å². The van der Waals surface area contributed by atoms with Crippen LogP contribution in [0.2, 0.25) is 0 Å². The third kappa shape index (κ3) is 2.67. The number of hydrazine groups is 1. The highest BCUT2D eigenvalue weighted by molar-refractivity contribution is 5.81. The van der Waals surface area contributed by atoms with E-state index in [1.165, 1.54) is 0 Å². The number of carbonyl (C=O) groups excluding carboxylic acids is 1. The predicted molar refractivity (Wildman–Crippen MR) is 52.0 cm³/mol. The fraction of sp³-hybridized carbons (Fsp3) is 0.889. The molecular formula is C9H19N3O. The zero-order chi connectivity index (χ0) is 9.90. The first kappa shape index (κ1) is 10.5. The van der Waals surface area contributed by atoms with Gasteiger partial charge in [-0.25, -0.2) is 5.01 Å². The van der Waals surface area contributed by atoms with E-state index in [-0.39, 0.29) is 11.3 Å². The van der Waals surface area contributed by atoms with Gasteiger partial charge in [0.25, 0.3) is 0 Å². The first-order chi connectivity index (χ1) is 6.04. The molecule has 1 aliphatic rings. The number of hydrogen-bond acceptors (Lipinski definition) is 3. The molecule has 0 aromatic rings. The van der Waals surface area contributed by atoms with Gasteiger partial charge in [-0.1, -0.05) is 6.92 Å². The molecule has 0 atom stereocenters. The van der Waals surface area contributed by atoms with Gasteiger partial charge in [0, 0.05) is 14.1 Å². The molecule has 1 amide bonds. The number of piperidine rings is 1. The van der Waals surface area contributed by atoms with E-state index in [0.29, 0.717) is 0 Å². The van der Waals surface area contributed by atoms with Crippen LogP contribution in [0.4, 0.5) is 0 Å². The monoisotopic (exact) mass is 185 g/mol. The largest absolute Gasteiger partial charge is 0.317 e. The van der Waals surface area contributed by atoms with E-state index in [4.69, 9.17) is 0 Å². The molecule has 1 aliphatic heterocycles. The molecule has 1 fully saturated rings. The van der Waals surface area contributed by atoms with Gasteiger partial charge in [-0.2, -0.15) is 0 Å². The van der Waals surface area contributed by atoms with Crippen LogP contribution in [0.15, 0.2) is 0 Å². The summed E-state index contributed by atoms with van der Waals surface area (Å²) in [6.07, 6.45) is 1.85. The molecule has 0 spiro atoms. The van der Waals surface area contributed by atoms with Crippen molar-refractivity contribution < 1.29 is 4.79 Å². The molecule has 1 saturated heterocycles. The molecule has 2 N–H and O–H groups in total. The second-order valence-corrected chi connectivity index (χ2v) is 4.15. The number of hydrogen-bond donors (Lipinski definition) is 2. The minimum Gasteiger partial charge on any atom is -0.317 e. The Morgan fingerprint density at radius 2 is 1.92 bits per heavy atom. The standard InChI is InChI=1S/C9H19N3O/c1-9(4-6-10-7-5-9)8(13)11-12(2)3/h10H,4-7H2,1-3H3,(H,11,13). The maximum absolute atomic E-state index is 11.7. The van der Waals surface area contributed by atoms with E-state index in [0.717, 1.165) is 25.9 Å². The van der Waals surface area contributed by atoms with Gasteiger partial charge in [-0.15, -0.1) is 0 Å². The van der Waals surface area contributed by atoms with Crippen LogP contribution in [0, 0.1) is 5.41 Å². The highest BCUT2D eigenvalue weighted by Gasteiger charge is 2.34. The number of carbonyl (C=O) groups is 1. The van der Waals surface area contributed by atoms with Crippen LogP contribution >= 0.6 is 0 Å². The lowest BCUT2D eigenvalue weighted by molar-refractivity contribution is -0.135. The zero-order valence-corrected chi connectivity index (χ0v) is 8.68. The summed E-state index contributed by atoms with van der Waals surface area (Å²) in [6.45, 7) is 3.92. The Bertz CT molecular complexity index is 185. The normalized spacial score (nSPS) is 21.5. The Hall–Kier alpha value is -0.610.